The van der Waals surface area contributed by atoms with Crippen molar-refractivity contribution in [2.24, 2.45) is 5.16 Å². The van der Waals surface area contributed by atoms with Crippen LogP contribution < -0.4 is 11.2 Å². The van der Waals surface area contributed by atoms with Crippen LogP contribution in [0.3, 0.4) is 0 Å². The Morgan fingerprint density at radius 3 is 2.86 bits per heavy atom. The Kier molecular flexibility index (Phi) is 3.22. The van der Waals surface area contributed by atoms with Gasteiger partial charge < -0.3 is 9.82 Å². The molecule has 0 saturated heterocycles. The van der Waals surface area contributed by atoms with E-state index >= 15 is 0 Å². The molecule has 0 spiro atoms. The van der Waals surface area contributed by atoms with Crippen LogP contribution >= 0.6 is 0 Å². The first kappa shape index (κ1) is 10.2. The van der Waals surface area contributed by atoms with Crippen molar-refractivity contribution in [3.63, 3.8) is 0 Å². The molecule has 0 aliphatic carbocycles. The van der Waals surface area contributed by atoms with Gasteiger partial charge >= 0.3 is 5.69 Å². The van der Waals surface area contributed by atoms with Crippen molar-refractivity contribution in [1.82, 2.24) is 9.97 Å². The lowest BCUT2D eigenvalue weighted by atomic mass is 10.2. The summed E-state index contributed by atoms with van der Waals surface area (Å²) < 4.78 is 0. The molecule has 0 saturated carbocycles. The van der Waals surface area contributed by atoms with Crippen LogP contribution in [0, 0.1) is 0 Å². The first-order chi connectivity index (χ1) is 6.65. The number of hydrogen-bond donors (Lipinski definition) is 2. The lowest BCUT2D eigenvalue weighted by Crippen LogP contribution is -2.26. The van der Waals surface area contributed by atoms with Gasteiger partial charge in [0.15, 0.2) is 0 Å². The summed E-state index contributed by atoms with van der Waals surface area (Å²) in [5.74, 6) is 0. The van der Waals surface area contributed by atoms with Crippen molar-refractivity contribution in [3.8, 4) is 0 Å². The van der Waals surface area contributed by atoms with Gasteiger partial charge in [0, 0.05) is 6.20 Å². The number of aromatic nitrogens is 2. The molecular formula is C8H11N3O3. The Hall–Kier alpha value is -1.85. The van der Waals surface area contributed by atoms with Gasteiger partial charge in [0.25, 0.3) is 5.56 Å². The van der Waals surface area contributed by atoms with Gasteiger partial charge in [0.05, 0.1) is 11.3 Å². The van der Waals surface area contributed by atoms with Crippen LogP contribution in [0.4, 0.5) is 0 Å². The molecule has 2 N–H and O–H groups in total. The number of H-pyrrole nitrogens is 2. The van der Waals surface area contributed by atoms with Gasteiger partial charge in [0.1, 0.15) is 6.61 Å². The highest BCUT2D eigenvalue weighted by Gasteiger charge is 2.03. The molecular weight excluding hydrogens is 186 g/mol. The highest BCUT2D eigenvalue weighted by Crippen LogP contribution is 1.90. The monoisotopic (exact) mass is 197 g/mol. The lowest BCUT2D eigenvalue weighted by Gasteiger charge is -1.98. The second-order valence-electron chi connectivity index (χ2n) is 2.58. The van der Waals surface area contributed by atoms with E-state index < -0.39 is 11.2 Å². The van der Waals surface area contributed by atoms with Crippen molar-refractivity contribution in [3.05, 3.63) is 32.6 Å². The largest absolute Gasteiger partial charge is 0.396 e. The third-order valence-corrected chi connectivity index (χ3v) is 1.54. The van der Waals surface area contributed by atoms with Gasteiger partial charge in [0.2, 0.25) is 0 Å². The summed E-state index contributed by atoms with van der Waals surface area (Å²) >= 11 is 0. The minimum absolute atomic E-state index is 0.290. The Bertz CT molecular complexity index is 444. The SMILES string of the molecule is CCO/N=C(\C)c1c[nH]c(=O)[nH]c1=O. The molecule has 0 amide bonds. The molecule has 0 aliphatic heterocycles. The summed E-state index contributed by atoms with van der Waals surface area (Å²) in [6, 6.07) is 0. The fraction of sp³-hybridized carbons (Fsp3) is 0.375. The Morgan fingerprint density at radius 2 is 2.29 bits per heavy atom. The van der Waals surface area contributed by atoms with E-state index in [9.17, 15) is 9.59 Å². The van der Waals surface area contributed by atoms with Crippen molar-refractivity contribution >= 4 is 5.71 Å². The maximum atomic E-state index is 11.2. The topological polar surface area (TPSA) is 87.3 Å². The van der Waals surface area contributed by atoms with Crippen molar-refractivity contribution in [1.29, 1.82) is 0 Å². The zero-order chi connectivity index (χ0) is 10.6. The summed E-state index contributed by atoms with van der Waals surface area (Å²) in [6.45, 7) is 3.84. The molecule has 0 aliphatic rings. The number of oxime groups is 1. The van der Waals surface area contributed by atoms with Gasteiger partial charge in [-0.3, -0.25) is 9.78 Å². The second kappa shape index (κ2) is 4.40. The second-order valence-corrected chi connectivity index (χ2v) is 2.58. The molecule has 76 valence electrons. The summed E-state index contributed by atoms with van der Waals surface area (Å²) in [4.78, 5) is 31.2. The van der Waals surface area contributed by atoms with E-state index in [1.807, 2.05) is 0 Å². The van der Waals surface area contributed by atoms with Crippen molar-refractivity contribution in [2.75, 3.05) is 6.61 Å². The van der Waals surface area contributed by atoms with Crippen LogP contribution in [0.15, 0.2) is 20.9 Å². The molecule has 0 bridgehead atoms. The van der Waals surface area contributed by atoms with Crippen LogP contribution in [0.5, 0.6) is 0 Å². The molecule has 0 atom stereocenters. The molecule has 6 heteroatoms. The molecule has 0 aromatic carbocycles. The first-order valence-electron chi connectivity index (χ1n) is 4.14. The van der Waals surface area contributed by atoms with E-state index in [1.54, 1.807) is 13.8 Å². The normalized spacial score (nSPS) is 11.4. The van der Waals surface area contributed by atoms with E-state index in [1.165, 1.54) is 6.20 Å². The highest BCUT2D eigenvalue weighted by molar-refractivity contribution is 5.97. The molecule has 1 heterocycles. The number of aromatic amines is 2. The van der Waals surface area contributed by atoms with E-state index in [-0.39, 0.29) is 5.56 Å². The van der Waals surface area contributed by atoms with Crippen LogP contribution in [0.25, 0.3) is 0 Å². The zero-order valence-electron chi connectivity index (χ0n) is 7.96. The molecule has 0 unspecified atom stereocenters. The number of nitrogens with zero attached hydrogens (tertiary/aromatic N) is 1. The Balaban J connectivity index is 3.08. The fourth-order valence-corrected chi connectivity index (χ4v) is 0.889. The third kappa shape index (κ3) is 2.32. The van der Waals surface area contributed by atoms with Crippen molar-refractivity contribution < 1.29 is 4.84 Å². The summed E-state index contributed by atoms with van der Waals surface area (Å²) in [6.07, 6.45) is 1.30. The van der Waals surface area contributed by atoms with E-state index in [4.69, 9.17) is 4.84 Å². The molecule has 0 radical (unpaired) electrons. The smallest absolute Gasteiger partial charge is 0.325 e. The maximum absolute atomic E-state index is 11.2. The number of nitrogens with one attached hydrogen (secondary N) is 2. The minimum atomic E-state index is -0.539. The maximum Gasteiger partial charge on any atom is 0.325 e. The lowest BCUT2D eigenvalue weighted by molar-refractivity contribution is 0.159. The van der Waals surface area contributed by atoms with Crippen molar-refractivity contribution in [2.45, 2.75) is 13.8 Å². The average Bonchev–Trinajstić information content (AvgIpc) is 2.14. The number of hydrogen-bond acceptors (Lipinski definition) is 4. The van der Waals surface area contributed by atoms with Crippen LogP contribution in [0.2, 0.25) is 0 Å². The quantitative estimate of drug-likeness (QED) is 0.520. The van der Waals surface area contributed by atoms with Gasteiger partial charge in [-0.05, 0) is 13.8 Å². The van der Waals surface area contributed by atoms with Gasteiger partial charge in [-0.1, -0.05) is 5.16 Å². The van der Waals surface area contributed by atoms with Crippen LogP contribution in [0.1, 0.15) is 19.4 Å². The van der Waals surface area contributed by atoms with E-state index in [0.717, 1.165) is 0 Å². The predicted octanol–water partition coefficient (Wildman–Crippen LogP) is -0.176. The highest BCUT2D eigenvalue weighted by atomic mass is 16.6. The van der Waals surface area contributed by atoms with E-state index in [0.29, 0.717) is 12.3 Å². The van der Waals surface area contributed by atoms with Crippen LogP contribution in [-0.4, -0.2) is 22.3 Å². The predicted molar refractivity (Wildman–Crippen MR) is 51.5 cm³/mol. The summed E-state index contributed by atoms with van der Waals surface area (Å²) in [7, 11) is 0. The van der Waals surface area contributed by atoms with Crippen LogP contribution in [-0.2, 0) is 4.84 Å². The standard InChI is InChI=1S/C8H11N3O3/c1-3-14-11-5(2)6-4-9-8(13)10-7(6)12/h4H,3H2,1-2H3,(H2,9,10,12,13)/b11-5+. The zero-order valence-corrected chi connectivity index (χ0v) is 7.96. The molecule has 6 nitrogen and oxygen atoms in total. The summed E-state index contributed by atoms with van der Waals surface area (Å²) in [5.41, 5.74) is -0.305. The molecule has 1 aromatic heterocycles. The van der Waals surface area contributed by atoms with E-state index in [2.05, 4.69) is 15.1 Å². The fourth-order valence-electron chi connectivity index (χ4n) is 0.889. The van der Waals surface area contributed by atoms with Gasteiger partial charge in [-0.2, -0.15) is 0 Å². The minimum Gasteiger partial charge on any atom is -0.396 e. The number of rotatable bonds is 3. The molecule has 1 aromatic rings. The third-order valence-electron chi connectivity index (χ3n) is 1.54. The average molecular weight is 197 g/mol. The Morgan fingerprint density at radius 1 is 1.57 bits per heavy atom. The molecule has 14 heavy (non-hydrogen) atoms. The van der Waals surface area contributed by atoms with Gasteiger partial charge in [-0.25, -0.2) is 4.79 Å². The Labute approximate surface area is 79.6 Å². The van der Waals surface area contributed by atoms with Gasteiger partial charge in [-0.15, -0.1) is 0 Å². The summed E-state index contributed by atoms with van der Waals surface area (Å²) in [5, 5.41) is 3.68. The first-order valence-corrected chi connectivity index (χ1v) is 4.14. The molecule has 1 rings (SSSR count). The molecule has 0 fully saturated rings.